The van der Waals surface area contributed by atoms with Gasteiger partial charge in [0.2, 0.25) is 0 Å². The SMILES string of the molecule is CCONOC(C)(C)C(OCC)(OCC)OCC. The lowest BCUT2D eigenvalue weighted by Gasteiger charge is -2.42. The van der Waals surface area contributed by atoms with Crippen LogP contribution in [-0.2, 0) is 23.9 Å². The van der Waals surface area contributed by atoms with Crippen LogP contribution in [0.1, 0.15) is 41.5 Å². The molecule has 18 heavy (non-hydrogen) atoms. The van der Waals surface area contributed by atoms with Gasteiger partial charge in [0.05, 0.1) is 6.61 Å². The average Bonchev–Trinajstić information content (AvgIpc) is 2.30. The van der Waals surface area contributed by atoms with Crippen LogP contribution in [0.4, 0.5) is 0 Å². The summed E-state index contributed by atoms with van der Waals surface area (Å²) in [5, 5.41) is 0. The van der Waals surface area contributed by atoms with Gasteiger partial charge in [0.1, 0.15) is 0 Å². The maximum Gasteiger partial charge on any atom is 0.315 e. The van der Waals surface area contributed by atoms with Gasteiger partial charge in [0.15, 0.2) is 5.60 Å². The van der Waals surface area contributed by atoms with E-state index >= 15 is 0 Å². The van der Waals surface area contributed by atoms with Gasteiger partial charge in [-0.25, -0.2) is 0 Å². The minimum absolute atomic E-state index is 0.446. The minimum Gasteiger partial charge on any atom is -0.325 e. The number of rotatable bonds is 11. The highest BCUT2D eigenvalue weighted by atomic mass is 16.9. The van der Waals surface area contributed by atoms with Gasteiger partial charge >= 0.3 is 5.97 Å². The van der Waals surface area contributed by atoms with Gasteiger partial charge < -0.3 is 14.2 Å². The van der Waals surface area contributed by atoms with Crippen molar-refractivity contribution in [3.8, 4) is 0 Å². The summed E-state index contributed by atoms with van der Waals surface area (Å²) < 4.78 is 16.9. The van der Waals surface area contributed by atoms with Crippen LogP contribution in [0.2, 0.25) is 0 Å². The molecule has 0 radical (unpaired) electrons. The standard InChI is InChI=1S/C12H27NO5/c1-7-14-12(15-8-2,16-9-3)11(5,6)18-13-17-10-4/h13H,7-10H2,1-6H3. The highest BCUT2D eigenvalue weighted by molar-refractivity contribution is 4.81. The monoisotopic (exact) mass is 265 g/mol. The number of nitrogens with one attached hydrogen (secondary N) is 1. The Morgan fingerprint density at radius 3 is 1.56 bits per heavy atom. The molecule has 0 aromatic rings. The molecule has 0 saturated carbocycles. The van der Waals surface area contributed by atoms with Crippen molar-refractivity contribution in [3.05, 3.63) is 0 Å². The summed E-state index contributed by atoms with van der Waals surface area (Å²) >= 11 is 0. The first-order valence-corrected chi connectivity index (χ1v) is 6.46. The van der Waals surface area contributed by atoms with E-state index in [0.717, 1.165) is 0 Å². The van der Waals surface area contributed by atoms with Crippen LogP contribution in [0, 0.1) is 0 Å². The van der Waals surface area contributed by atoms with E-state index in [4.69, 9.17) is 23.9 Å². The molecule has 0 saturated heterocycles. The molecule has 0 aromatic carbocycles. The van der Waals surface area contributed by atoms with Crippen molar-refractivity contribution in [2.75, 3.05) is 26.4 Å². The Hall–Kier alpha value is -0.240. The van der Waals surface area contributed by atoms with Crippen molar-refractivity contribution >= 4 is 0 Å². The van der Waals surface area contributed by atoms with E-state index < -0.39 is 11.6 Å². The van der Waals surface area contributed by atoms with Crippen LogP contribution >= 0.6 is 0 Å². The molecule has 0 aliphatic heterocycles. The van der Waals surface area contributed by atoms with Crippen LogP contribution in [0.15, 0.2) is 0 Å². The van der Waals surface area contributed by atoms with Crippen molar-refractivity contribution in [1.82, 2.24) is 5.64 Å². The van der Waals surface area contributed by atoms with Gasteiger partial charge in [0.25, 0.3) is 0 Å². The first-order valence-electron chi connectivity index (χ1n) is 6.46. The van der Waals surface area contributed by atoms with Gasteiger partial charge in [-0.1, -0.05) is 5.64 Å². The van der Waals surface area contributed by atoms with Gasteiger partial charge in [-0.05, 0) is 41.5 Å². The molecule has 0 rings (SSSR count). The minimum atomic E-state index is -1.27. The summed E-state index contributed by atoms with van der Waals surface area (Å²) in [6, 6.07) is 0. The molecule has 0 aliphatic rings. The molecule has 110 valence electrons. The predicted octanol–water partition coefficient (Wildman–Crippen LogP) is 2.00. The van der Waals surface area contributed by atoms with Crippen molar-refractivity contribution in [3.63, 3.8) is 0 Å². The van der Waals surface area contributed by atoms with Gasteiger partial charge in [0, 0.05) is 19.8 Å². The molecule has 6 nitrogen and oxygen atoms in total. The number of hydrogen-bond donors (Lipinski definition) is 1. The third-order valence-corrected chi connectivity index (χ3v) is 2.24. The van der Waals surface area contributed by atoms with Crippen LogP contribution in [0.5, 0.6) is 0 Å². The first kappa shape index (κ1) is 17.8. The second kappa shape index (κ2) is 8.79. The van der Waals surface area contributed by atoms with E-state index in [9.17, 15) is 0 Å². The summed E-state index contributed by atoms with van der Waals surface area (Å²) in [7, 11) is 0. The maximum atomic E-state index is 5.64. The van der Waals surface area contributed by atoms with E-state index in [0.29, 0.717) is 26.4 Å². The molecule has 0 fully saturated rings. The fourth-order valence-electron chi connectivity index (χ4n) is 1.47. The summed E-state index contributed by atoms with van der Waals surface area (Å²) in [4.78, 5) is 10.4. The van der Waals surface area contributed by atoms with Crippen molar-refractivity contribution in [2.45, 2.75) is 53.1 Å². The fourth-order valence-corrected chi connectivity index (χ4v) is 1.47. The van der Waals surface area contributed by atoms with E-state index in [2.05, 4.69) is 5.64 Å². The molecule has 0 unspecified atom stereocenters. The lowest BCUT2D eigenvalue weighted by Crippen LogP contribution is -2.59. The Kier molecular flexibility index (Phi) is 8.67. The van der Waals surface area contributed by atoms with Gasteiger partial charge in [-0.2, -0.15) is 0 Å². The molecule has 0 bridgehead atoms. The number of hydrogen-bond acceptors (Lipinski definition) is 6. The molecular weight excluding hydrogens is 238 g/mol. The zero-order valence-electron chi connectivity index (χ0n) is 12.4. The Balaban J connectivity index is 4.85. The Morgan fingerprint density at radius 2 is 1.22 bits per heavy atom. The molecule has 0 atom stereocenters. The van der Waals surface area contributed by atoms with Crippen LogP contribution in [0.25, 0.3) is 0 Å². The topological polar surface area (TPSA) is 58.2 Å². The third-order valence-electron chi connectivity index (χ3n) is 2.24. The van der Waals surface area contributed by atoms with Crippen molar-refractivity contribution in [1.29, 1.82) is 0 Å². The molecule has 1 N–H and O–H groups in total. The Morgan fingerprint density at radius 1 is 0.778 bits per heavy atom. The average molecular weight is 265 g/mol. The highest BCUT2D eigenvalue weighted by Crippen LogP contribution is 2.32. The normalized spacial score (nSPS) is 13.0. The summed E-state index contributed by atoms with van der Waals surface area (Å²) in [6.07, 6.45) is 0. The molecule has 0 aliphatic carbocycles. The van der Waals surface area contributed by atoms with Crippen LogP contribution in [0.3, 0.4) is 0 Å². The van der Waals surface area contributed by atoms with E-state index in [1.54, 1.807) is 13.8 Å². The quantitative estimate of drug-likeness (QED) is 0.350. The van der Waals surface area contributed by atoms with E-state index in [-0.39, 0.29) is 0 Å². The Bertz CT molecular complexity index is 194. The van der Waals surface area contributed by atoms with Crippen molar-refractivity contribution in [2.24, 2.45) is 0 Å². The van der Waals surface area contributed by atoms with Crippen LogP contribution in [-0.4, -0.2) is 38.0 Å². The second-order valence-corrected chi connectivity index (χ2v) is 3.98. The van der Waals surface area contributed by atoms with Gasteiger partial charge in [-0.3, -0.25) is 9.68 Å². The molecule has 0 aromatic heterocycles. The second-order valence-electron chi connectivity index (χ2n) is 3.98. The Labute approximate surface area is 110 Å². The molecule has 6 heteroatoms. The van der Waals surface area contributed by atoms with E-state index in [1.165, 1.54) is 0 Å². The largest absolute Gasteiger partial charge is 0.325 e. The predicted molar refractivity (Wildman–Crippen MR) is 67.5 cm³/mol. The molecule has 0 heterocycles. The molecule has 0 spiro atoms. The number of ether oxygens (including phenoxy) is 3. The third kappa shape index (κ3) is 4.79. The van der Waals surface area contributed by atoms with E-state index in [1.807, 2.05) is 27.7 Å². The first-order chi connectivity index (χ1) is 8.49. The fraction of sp³-hybridized carbons (Fsp3) is 1.00. The lowest BCUT2D eigenvalue weighted by molar-refractivity contribution is -0.454. The van der Waals surface area contributed by atoms with Crippen LogP contribution < -0.4 is 5.64 Å². The molecule has 0 amide bonds. The zero-order valence-corrected chi connectivity index (χ0v) is 12.4. The highest BCUT2D eigenvalue weighted by Gasteiger charge is 2.51. The van der Waals surface area contributed by atoms with Gasteiger partial charge in [-0.15, -0.1) is 0 Å². The summed E-state index contributed by atoms with van der Waals surface area (Å²) in [5.74, 6) is -1.27. The lowest BCUT2D eigenvalue weighted by atomic mass is 10.1. The van der Waals surface area contributed by atoms with Crippen molar-refractivity contribution < 1.29 is 23.9 Å². The smallest absolute Gasteiger partial charge is 0.315 e. The maximum absolute atomic E-state index is 5.64. The molecular formula is C12H27NO5. The zero-order chi connectivity index (χ0) is 14.1. The summed E-state index contributed by atoms with van der Waals surface area (Å²) in [6.45, 7) is 12.9. The summed E-state index contributed by atoms with van der Waals surface area (Å²) in [5.41, 5.74) is 1.53.